The van der Waals surface area contributed by atoms with E-state index >= 15 is 0 Å². The zero-order valence-electron chi connectivity index (χ0n) is 20.3. The number of methoxy groups -OCH3 is 1. The van der Waals surface area contributed by atoms with Crippen LogP contribution >= 0.6 is 11.6 Å². The second-order valence-corrected chi connectivity index (χ2v) is 9.78. The van der Waals surface area contributed by atoms with Crippen LogP contribution in [0, 0.1) is 18.3 Å². The van der Waals surface area contributed by atoms with E-state index in [1.54, 1.807) is 30.2 Å². The first-order chi connectivity index (χ1) is 17.9. The van der Waals surface area contributed by atoms with Crippen LogP contribution in [0.5, 0.6) is 5.75 Å². The average Bonchev–Trinajstić information content (AvgIpc) is 3.52. The third-order valence-corrected chi connectivity index (χ3v) is 7.35. The molecule has 3 heterocycles. The van der Waals surface area contributed by atoms with Gasteiger partial charge in [-0.1, -0.05) is 29.7 Å². The number of aromatic nitrogens is 1. The molecule has 0 spiro atoms. The van der Waals surface area contributed by atoms with Crippen molar-refractivity contribution in [1.29, 1.82) is 0 Å². The van der Waals surface area contributed by atoms with Crippen LogP contribution in [0.15, 0.2) is 42.5 Å². The highest BCUT2D eigenvalue weighted by Crippen LogP contribution is 2.34. The first kappa shape index (κ1) is 24.7. The summed E-state index contributed by atoms with van der Waals surface area (Å²) >= 11 is 6.23. The number of hydrogen-bond donors (Lipinski definition) is 3. The van der Waals surface area contributed by atoms with Crippen LogP contribution in [0.4, 0.5) is 0 Å². The maximum atomic E-state index is 13.8. The minimum atomic E-state index is -0.907. The van der Waals surface area contributed by atoms with Gasteiger partial charge in [0.05, 0.1) is 13.2 Å². The number of nitrogens with zero attached hydrogens (tertiary/aromatic N) is 1. The topological polar surface area (TPSA) is 104 Å². The number of carbonyl (C=O) groups excluding carboxylic acids is 3. The molecule has 0 aliphatic carbocycles. The third-order valence-electron chi connectivity index (χ3n) is 7.12. The molecule has 3 unspecified atom stereocenters. The Bertz CT molecular complexity index is 1430. The Labute approximate surface area is 219 Å². The quantitative estimate of drug-likeness (QED) is 0.436. The average molecular weight is 519 g/mol. The monoisotopic (exact) mass is 518 g/mol. The molecule has 0 saturated carbocycles. The molecule has 1 fully saturated rings. The molecular formula is C28H27ClN4O4. The molecule has 3 atom stereocenters. The molecule has 1 saturated heterocycles. The lowest BCUT2D eigenvalue weighted by molar-refractivity contribution is -0.127. The number of hydrogen-bond acceptors (Lipinski definition) is 4. The van der Waals surface area contributed by atoms with Crippen LogP contribution in [0.25, 0.3) is 10.9 Å². The lowest BCUT2D eigenvalue weighted by Crippen LogP contribution is -2.49. The fraction of sp³-hybridized carbons (Fsp3) is 0.321. The van der Waals surface area contributed by atoms with E-state index in [9.17, 15) is 14.4 Å². The summed E-state index contributed by atoms with van der Waals surface area (Å²) in [4.78, 5) is 44.3. The molecule has 3 aromatic rings. The summed E-state index contributed by atoms with van der Waals surface area (Å²) in [6.07, 6.45) is 7.29. The number of nitrogens with one attached hydrogen (secondary N) is 3. The Kier molecular flexibility index (Phi) is 6.81. The smallest absolute Gasteiger partial charge is 0.271 e. The van der Waals surface area contributed by atoms with E-state index in [1.807, 2.05) is 24.3 Å². The van der Waals surface area contributed by atoms with Crippen molar-refractivity contribution in [2.45, 2.75) is 31.3 Å². The normalized spacial score (nSPS) is 19.6. The van der Waals surface area contributed by atoms with Gasteiger partial charge < -0.3 is 25.3 Å². The SMILES string of the molecule is C#CC(CC1CCNC1=O)NC(=O)C1c2ccc(Cl)cc2CCN1C(=O)c1cc2c(OC)cccc2[nH]1. The number of ether oxygens (including phenoxy) is 1. The van der Waals surface area contributed by atoms with Crippen LogP contribution < -0.4 is 15.4 Å². The molecule has 190 valence electrons. The third kappa shape index (κ3) is 4.75. The summed E-state index contributed by atoms with van der Waals surface area (Å²) in [5, 5.41) is 7.05. The Balaban J connectivity index is 1.46. The number of carbonyl (C=O) groups is 3. The number of aromatic amines is 1. The van der Waals surface area contributed by atoms with Crippen molar-refractivity contribution in [2.24, 2.45) is 5.92 Å². The van der Waals surface area contributed by atoms with Crippen molar-refractivity contribution in [1.82, 2.24) is 20.5 Å². The molecule has 2 aromatic carbocycles. The molecule has 2 aliphatic heterocycles. The van der Waals surface area contributed by atoms with Gasteiger partial charge in [-0.25, -0.2) is 0 Å². The van der Waals surface area contributed by atoms with E-state index in [4.69, 9.17) is 22.8 Å². The van der Waals surface area contributed by atoms with Crippen LogP contribution in [-0.2, 0) is 16.0 Å². The van der Waals surface area contributed by atoms with Crippen LogP contribution in [0.3, 0.4) is 0 Å². The molecule has 3 N–H and O–H groups in total. The van der Waals surface area contributed by atoms with Crippen molar-refractivity contribution in [3.8, 4) is 18.1 Å². The Hall–Kier alpha value is -3.96. The van der Waals surface area contributed by atoms with E-state index < -0.39 is 18.0 Å². The first-order valence-corrected chi connectivity index (χ1v) is 12.6. The standard InChI is InChI=1S/C28H27ClN4O4/c1-3-19(14-17-9-11-30-26(17)34)31-27(35)25-20-8-7-18(29)13-16(20)10-12-33(25)28(36)23-15-21-22(32-23)5-4-6-24(21)37-2/h1,4-8,13,15,17,19,25,32H,9-12,14H2,2H3,(H,30,34)(H,31,35). The Morgan fingerprint density at radius 2 is 2.14 bits per heavy atom. The summed E-state index contributed by atoms with van der Waals surface area (Å²) in [6, 6.07) is 11.0. The van der Waals surface area contributed by atoms with Gasteiger partial charge in [-0.05, 0) is 60.7 Å². The minimum absolute atomic E-state index is 0.0572. The van der Waals surface area contributed by atoms with Gasteiger partial charge in [0.15, 0.2) is 0 Å². The van der Waals surface area contributed by atoms with Crippen molar-refractivity contribution in [2.75, 3.05) is 20.2 Å². The van der Waals surface area contributed by atoms with Gasteiger partial charge in [0.1, 0.15) is 17.5 Å². The minimum Gasteiger partial charge on any atom is -0.496 e. The van der Waals surface area contributed by atoms with Gasteiger partial charge >= 0.3 is 0 Å². The molecule has 0 radical (unpaired) electrons. The molecule has 1 aromatic heterocycles. The maximum absolute atomic E-state index is 13.8. The summed E-state index contributed by atoms with van der Waals surface area (Å²) in [5.41, 5.74) is 2.72. The molecule has 8 nitrogen and oxygen atoms in total. The molecule has 2 aliphatic rings. The van der Waals surface area contributed by atoms with Gasteiger partial charge in [0.25, 0.3) is 5.91 Å². The molecule has 9 heteroatoms. The van der Waals surface area contributed by atoms with Crippen LogP contribution in [-0.4, -0.2) is 53.8 Å². The predicted molar refractivity (Wildman–Crippen MR) is 140 cm³/mol. The van der Waals surface area contributed by atoms with Gasteiger partial charge in [0.2, 0.25) is 11.8 Å². The highest BCUT2D eigenvalue weighted by atomic mass is 35.5. The fourth-order valence-electron chi connectivity index (χ4n) is 5.25. The zero-order valence-corrected chi connectivity index (χ0v) is 21.1. The van der Waals surface area contributed by atoms with E-state index in [2.05, 4.69) is 21.5 Å². The lowest BCUT2D eigenvalue weighted by atomic mass is 9.91. The molecular weight excluding hydrogens is 492 g/mol. The highest BCUT2D eigenvalue weighted by molar-refractivity contribution is 6.30. The summed E-state index contributed by atoms with van der Waals surface area (Å²) in [6.45, 7) is 0.922. The first-order valence-electron chi connectivity index (χ1n) is 12.2. The number of halogens is 1. The Morgan fingerprint density at radius 1 is 1.30 bits per heavy atom. The second-order valence-electron chi connectivity index (χ2n) is 9.34. The van der Waals surface area contributed by atoms with Gasteiger partial charge in [-0.15, -0.1) is 6.42 Å². The van der Waals surface area contributed by atoms with Crippen molar-refractivity contribution >= 4 is 40.2 Å². The molecule has 3 amide bonds. The van der Waals surface area contributed by atoms with Crippen molar-refractivity contribution in [3.05, 3.63) is 64.3 Å². The molecule has 5 rings (SSSR count). The van der Waals surface area contributed by atoms with Crippen LogP contribution in [0.2, 0.25) is 5.02 Å². The fourth-order valence-corrected chi connectivity index (χ4v) is 5.44. The largest absolute Gasteiger partial charge is 0.496 e. The van der Waals surface area contributed by atoms with E-state index in [0.717, 1.165) is 16.5 Å². The van der Waals surface area contributed by atoms with E-state index in [1.165, 1.54) is 0 Å². The van der Waals surface area contributed by atoms with Gasteiger partial charge in [0, 0.05) is 34.9 Å². The Morgan fingerprint density at radius 3 is 2.86 bits per heavy atom. The number of terminal acetylenes is 1. The van der Waals surface area contributed by atoms with Gasteiger partial charge in [-0.2, -0.15) is 0 Å². The summed E-state index contributed by atoms with van der Waals surface area (Å²) in [7, 11) is 1.58. The second kappa shape index (κ2) is 10.2. The van der Waals surface area contributed by atoms with Crippen molar-refractivity contribution in [3.63, 3.8) is 0 Å². The molecule has 37 heavy (non-hydrogen) atoms. The molecule has 0 bridgehead atoms. The summed E-state index contributed by atoms with van der Waals surface area (Å²) < 4.78 is 5.43. The predicted octanol–water partition coefficient (Wildman–Crippen LogP) is 3.21. The number of benzene rings is 2. The van der Waals surface area contributed by atoms with E-state index in [-0.39, 0.29) is 17.7 Å². The number of fused-ring (bicyclic) bond motifs is 2. The highest BCUT2D eigenvalue weighted by Gasteiger charge is 2.38. The number of H-pyrrole nitrogens is 1. The number of amides is 3. The lowest BCUT2D eigenvalue weighted by Gasteiger charge is -2.36. The van der Waals surface area contributed by atoms with Gasteiger partial charge in [-0.3, -0.25) is 14.4 Å². The number of rotatable bonds is 6. The summed E-state index contributed by atoms with van der Waals surface area (Å²) in [5.74, 6) is 2.23. The van der Waals surface area contributed by atoms with E-state index in [0.29, 0.717) is 54.4 Å². The van der Waals surface area contributed by atoms with Crippen LogP contribution in [0.1, 0.15) is 40.5 Å². The maximum Gasteiger partial charge on any atom is 0.271 e. The zero-order chi connectivity index (χ0) is 26.1. The van der Waals surface area contributed by atoms with Crippen molar-refractivity contribution < 1.29 is 19.1 Å².